The van der Waals surface area contributed by atoms with Crippen molar-refractivity contribution in [3.05, 3.63) is 64.7 Å². The molecule has 5 nitrogen and oxygen atoms in total. The van der Waals surface area contributed by atoms with Gasteiger partial charge in [-0.3, -0.25) is 14.1 Å². The molecule has 2 aromatic rings. The summed E-state index contributed by atoms with van der Waals surface area (Å²) in [6.45, 7) is 0. The van der Waals surface area contributed by atoms with Crippen LogP contribution in [-0.4, -0.2) is 62.3 Å². The van der Waals surface area contributed by atoms with Crippen molar-refractivity contribution in [2.24, 2.45) is 0 Å². The maximum atomic E-state index is 12.4. The van der Waals surface area contributed by atoms with E-state index in [1.54, 1.807) is 12.1 Å². The van der Waals surface area contributed by atoms with Gasteiger partial charge in [-0.15, -0.1) is 0 Å². The molecule has 0 radical (unpaired) electrons. The zero-order chi connectivity index (χ0) is 14.5. The van der Waals surface area contributed by atoms with E-state index in [0.717, 1.165) is 6.07 Å². The molecule has 0 atom stereocenters. The molecule has 0 aromatic heterocycles. The molecule has 0 bridgehead atoms. The van der Waals surface area contributed by atoms with Gasteiger partial charge in [-0.1, -0.05) is 36.4 Å². The third-order valence-electron chi connectivity index (χ3n) is 3.19. The number of rotatable bonds is 1. The topological polar surface area (TPSA) is 88.5 Å². The van der Waals surface area contributed by atoms with Crippen molar-refractivity contribution in [1.29, 1.82) is 0 Å². The van der Waals surface area contributed by atoms with Crippen LogP contribution in [0.4, 0.5) is 0 Å². The number of hydrogen-bond acceptors (Lipinski definition) is 4. The first kappa shape index (κ1) is 18.9. The number of ketones is 2. The van der Waals surface area contributed by atoms with Crippen LogP contribution in [-0.2, 0) is 10.1 Å². The van der Waals surface area contributed by atoms with Gasteiger partial charge in [-0.05, 0) is 6.07 Å². The molecule has 0 aliphatic heterocycles. The zero-order valence-corrected chi connectivity index (χ0v) is 10.8. The van der Waals surface area contributed by atoms with Gasteiger partial charge >= 0.3 is 37.7 Å². The number of carbonyl (C=O) groups excluding carboxylic acids is 2. The van der Waals surface area contributed by atoms with E-state index >= 15 is 0 Å². The average molecular weight is 304 g/mol. The van der Waals surface area contributed by atoms with E-state index in [1.807, 2.05) is 0 Å². The molecule has 1 N–H and O–H groups in total. The van der Waals surface area contributed by atoms with E-state index in [0.29, 0.717) is 0 Å². The summed E-state index contributed by atoms with van der Waals surface area (Å²) in [5.41, 5.74) is 0.0983. The van der Waals surface area contributed by atoms with Gasteiger partial charge in [0.1, 0.15) is 4.90 Å². The van der Waals surface area contributed by atoms with Gasteiger partial charge in [0, 0.05) is 16.7 Å². The summed E-state index contributed by atoms with van der Waals surface area (Å²) in [5.74, 6) is -1.01. The predicted molar refractivity (Wildman–Crippen MR) is 83.9 cm³/mol. The number of benzene rings is 2. The third kappa shape index (κ3) is 2.87. The summed E-state index contributed by atoms with van der Waals surface area (Å²) in [4.78, 5) is 24.2. The van der Waals surface area contributed by atoms with Crippen LogP contribution in [0.3, 0.4) is 0 Å². The van der Waals surface area contributed by atoms with Crippen LogP contribution in [0.2, 0.25) is 0 Å². The molecule has 1 aliphatic rings. The molecule has 0 saturated heterocycles. The van der Waals surface area contributed by atoms with Gasteiger partial charge in [0.25, 0.3) is 10.1 Å². The van der Waals surface area contributed by atoms with Crippen molar-refractivity contribution in [1.82, 2.24) is 0 Å². The summed E-state index contributed by atoms with van der Waals surface area (Å²) in [6.07, 6.45) is 0. The summed E-state index contributed by atoms with van der Waals surface area (Å²) in [6, 6.07) is 9.99. The van der Waals surface area contributed by atoms with Crippen LogP contribution in [0.5, 0.6) is 0 Å². The van der Waals surface area contributed by atoms with Crippen LogP contribution < -0.4 is 0 Å². The normalized spacial score (nSPS) is 12.6. The van der Waals surface area contributed by atoms with Crippen molar-refractivity contribution in [3.63, 3.8) is 0 Å². The minimum absolute atomic E-state index is 0. The minimum atomic E-state index is -4.58. The summed E-state index contributed by atoms with van der Waals surface area (Å²) < 4.78 is 31.9. The number of hydrogen-bond donors (Lipinski definition) is 1. The second-order valence-electron chi connectivity index (χ2n) is 4.36. The number of fused-ring (bicyclic) bond motifs is 2. The molecule has 0 heterocycles. The van der Waals surface area contributed by atoms with Gasteiger partial charge in [-0.25, -0.2) is 0 Å². The van der Waals surface area contributed by atoms with Crippen molar-refractivity contribution in [2.45, 2.75) is 4.90 Å². The van der Waals surface area contributed by atoms with Gasteiger partial charge in [0.2, 0.25) is 0 Å². The van der Waals surface area contributed by atoms with Crippen molar-refractivity contribution in [3.8, 4) is 0 Å². The molecule has 0 unspecified atom stereocenters. The van der Waals surface area contributed by atoms with E-state index in [4.69, 9.17) is 0 Å². The maximum absolute atomic E-state index is 12.4. The van der Waals surface area contributed by atoms with E-state index in [-0.39, 0.29) is 60.0 Å². The fourth-order valence-corrected chi connectivity index (χ4v) is 3.04. The quantitative estimate of drug-likeness (QED) is 0.519. The first-order valence-corrected chi connectivity index (χ1v) is 7.14. The van der Waals surface area contributed by atoms with Crippen LogP contribution in [0.1, 0.15) is 31.8 Å². The van der Waals surface area contributed by atoms with Crippen LogP contribution >= 0.6 is 0 Å². The fourth-order valence-electron chi connectivity index (χ4n) is 2.33. The van der Waals surface area contributed by atoms with E-state index in [1.165, 1.54) is 24.3 Å². The van der Waals surface area contributed by atoms with Crippen LogP contribution in [0.15, 0.2) is 47.4 Å². The second kappa shape index (κ2) is 6.56. The van der Waals surface area contributed by atoms with Crippen molar-refractivity contribution >= 4 is 59.4 Å². The van der Waals surface area contributed by atoms with Crippen LogP contribution in [0, 0.1) is 0 Å². The molecular weight excluding hydrogens is 294 g/mol. The van der Waals surface area contributed by atoms with E-state index in [9.17, 15) is 22.6 Å². The molecule has 22 heavy (non-hydrogen) atoms. The van der Waals surface area contributed by atoms with Gasteiger partial charge in [0.05, 0.1) is 5.56 Å². The molecule has 0 saturated carbocycles. The SMILES string of the molecule is O=C1c2ccccc2C(=O)c2c1cccc2S(=O)(=O)O.[LiH].[LiH]. The Labute approximate surface area is 151 Å². The Kier molecular flexibility index (Phi) is 5.64. The molecule has 104 valence electrons. The molecule has 0 fully saturated rings. The molecular formula is C14H10Li2O5S. The van der Waals surface area contributed by atoms with Gasteiger partial charge in [-0.2, -0.15) is 8.42 Å². The summed E-state index contributed by atoms with van der Waals surface area (Å²) in [5, 5.41) is 0. The van der Waals surface area contributed by atoms with Gasteiger partial charge < -0.3 is 0 Å². The van der Waals surface area contributed by atoms with Crippen molar-refractivity contribution in [2.75, 3.05) is 0 Å². The predicted octanol–water partition coefficient (Wildman–Crippen LogP) is 0.412. The second-order valence-corrected chi connectivity index (χ2v) is 5.75. The van der Waals surface area contributed by atoms with E-state index in [2.05, 4.69) is 0 Å². The Morgan fingerprint density at radius 3 is 1.77 bits per heavy atom. The molecule has 0 spiro atoms. The Hall–Kier alpha value is -1.12. The third-order valence-corrected chi connectivity index (χ3v) is 4.09. The number of carbonyl (C=O) groups is 2. The fraction of sp³-hybridized carbons (Fsp3) is 0. The first-order chi connectivity index (χ1) is 9.41. The van der Waals surface area contributed by atoms with Crippen molar-refractivity contribution < 1.29 is 22.6 Å². The summed E-state index contributed by atoms with van der Waals surface area (Å²) in [7, 11) is -4.58. The zero-order valence-electron chi connectivity index (χ0n) is 10.0. The standard InChI is InChI=1S/C14H8O5S.2Li.2H/c15-13-8-4-1-2-5-9(8)14(16)12-10(13)6-3-7-11(12)20(17,18)19;;;;/h1-7H,(H,17,18,19);;;;. The molecule has 3 rings (SSSR count). The van der Waals surface area contributed by atoms with Crippen LogP contribution in [0.25, 0.3) is 0 Å². The Morgan fingerprint density at radius 2 is 1.23 bits per heavy atom. The Balaban J connectivity index is 0.00000121. The Morgan fingerprint density at radius 1 is 0.727 bits per heavy atom. The van der Waals surface area contributed by atoms with E-state index < -0.39 is 26.6 Å². The average Bonchev–Trinajstić information content (AvgIpc) is 2.43. The Bertz CT molecular complexity index is 875. The summed E-state index contributed by atoms with van der Waals surface area (Å²) >= 11 is 0. The first-order valence-electron chi connectivity index (χ1n) is 5.70. The van der Waals surface area contributed by atoms with Gasteiger partial charge in [0.15, 0.2) is 11.6 Å². The molecule has 0 amide bonds. The molecule has 1 aliphatic carbocycles. The molecule has 2 aromatic carbocycles. The monoisotopic (exact) mass is 304 g/mol. The molecule has 8 heteroatoms.